The van der Waals surface area contributed by atoms with Gasteiger partial charge in [0.2, 0.25) is 0 Å². The molecule has 0 aliphatic rings. The molecule has 0 amide bonds. The maximum absolute atomic E-state index is 11.7. The second-order valence-corrected chi connectivity index (χ2v) is 6.28. The molecule has 0 fully saturated rings. The molecule has 0 aromatic rings. The van der Waals surface area contributed by atoms with Crippen molar-refractivity contribution in [3.63, 3.8) is 0 Å². The van der Waals surface area contributed by atoms with E-state index in [0.717, 1.165) is 6.42 Å². The first-order valence-electron chi connectivity index (χ1n) is 8.32. The summed E-state index contributed by atoms with van der Waals surface area (Å²) in [6.07, 6.45) is 10.5. The summed E-state index contributed by atoms with van der Waals surface area (Å²) in [7, 11) is 3.79. The van der Waals surface area contributed by atoms with Crippen molar-refractivity contribution in [1.29, 1.82) is 0 Å². The first-order valence-corrected chi connectivity index (χ1v) is 8.32. The average molecular weight is 285 g/mol. The van der Waals surface area contributed by atoms with E-state index in [1.54, 1.807) is 0 Å². The SMILES string of the molecule is CCCCCCCCCC(C)COC(=O)C(C)N(C)C. The van der Waals surface area contributed by atoms with E-state index in [0.29, 0.717) is 12.5 Å². The van der Waals surface area contributed by atoms with E-state index in [9.17, 15) is 4.79 Å². The summed E-state index contributed by atoms with van der Waals surface area (Å²) in [5.41, 5.74) is 0. The molecule has 0 aliphatic heterocycles. The highest BCUT2D eigenvalue weighted by atomic mass is 16.5. The fourth-order valence-corrected chi connectivity index (χ4v) is 2.09. The molecule has 0 aliphatic carbocycles. The van der Waals surface area contributed by atoms with Gasteiger partial charge < -0.3 is 4.74 Å². The monoisotopic (exact) mass is 285 g/mol. The van der Waals surface area contributed by atoms with Crippen LogP contribution in [0.5, 0.6) is 0 Å². The van der Waals surface area contributed by atoms with Gasteiger partial charge in [0, 0.05) is 0 Å². The molecular formula is C17H35NO2. The molecule has 0 rings (SSSR count). The summed E-state index contributed by atoms with van der Waals surface area (Å²) in [6, 6.07) is -0.152. The van der Waals surface area contributed by atoms with Crippen molar-refractivity contribution in [3.8, 4) is 0 Å². The van der Waals surface area contributed by atoms with E-state index < -0.39 is 0 Å². The van der Waals surface area contributed by atoms with Gasteiger partial charge in [0.05, 0.1) is 6.61 Å². The lowest BCUT2D eigenvalue weighted by molar-refractivity contribution is -0.149. The Hall–Kier alpha value is -0.570. The van der Waals surface area contributed by atoms with Gasteiger partial charge in [-0.25, -0.2) is 0 Å². The summed E-state index contributed by atoms with van der Waals surface area (Å²) >= 11 is 0. The zero-order valence-electron chi connectivity index (χ0n) is 14.3. The van der Waals surface area contributed by atoms with E-state index >= 15 is 0 Å². The van der Waals surface area contributed by atoms with E-state index in [2.05, 4.69) is 13.8 Å². The topological polar surface area (TPSA) is 29.5 Å². The second kappa shape index (κ2) is 12.2. The van der Waals surface area contributed by atoms with Crippen LogP contribution in [0, 0.1) is 5.92 Å². The minimum Gasteiger partial charge on any atom is -0.464 e. The van der Waals surface area contributed by atoms with Gasteiger partial charge in [-0.15, -0.1) is 0 Å². The van der Waals surface area contributed by atoms with Crippen LogP contribution >= 0.6 is 0 Å². The Bertz CT molecular complexity index is 241. The van der Waals surface area contributed by atoms with Crippen molar-refractivity contribution in [1.82, 2.24) is 4.90 Å². The maximum Gasteiger partial charge on any atom is 0.323 e. The average Bonchev–Trinajstić information content (AvgIpc) is 2.42. The maximum atomic E-state index is 11.7. The molecule has 120 valence electrons. The van der Waals surface area contributed by atoms with Crippen molar-refractivity contribution in [2.45, 2.75) is 78.2 Å². The van der Waals surface area contributed by atoms with E-state index in [1.165, 1.54) is 44.9 Å². The zero-order valence-corrected chi connectivity index (χ0v) is 14.3. The number of unbranched alkanes of at least 4 members (excludes halogenated alkanes) is 6. The number of hydrogen-bond acceptors (Lipinski definition) is 3. The predicted molar refractivity (Wildman–Crippen MR) is 85.9 cm³/mol. The van der Waals surface area contributed by atoms with Gasteiger partial charge in [-0.2, -0.15) is 0 Å². The van der Waals surface area contributed by atoms with Crippen molar-refractivity contribution in [3.05, 3.63) is 0 Å². The lowest BCUT2D eigenvalue weighted by atomic mass is 10.0. The molecule has 2 unspecified atom stereocenters. The van der Waals surface area contributed by atoms with Gasteiger partial charge in [-0.1, -0.05) is 58.8 Å². The van der Waals surface area contributed by atoms with Crippen LogP contribution in [-0.4, -0.2) is 37.6 Å². The van der Waals surface area contributed by atoms with Crippen molar-refractivity contribution >= 4 is 5.97 Å². The summed E-state index contributed by atoms with van der Waals surface area (Å²) < 4.78 is 5.36. The minimum absolute atomic E-state index is 0.110. The van der Waals surface area contributed by atoms with Crippen molar-refractivity contribution in [2.75, 3.05) is 20.7 Å². The molecule has 0 saturated heterocycles. The summed E-state index contributed by atoms with van der Waals surface area (Å²) in [5.74, 6) is 0.366. The molecule has 3 heteroatoms. The molecule has 0 saturated carbocycles. The Morgan fingerprint density at radius 1 is 1.00 bits per heavy atom. The molecule has 0 radical (unpaired) electrons. The lowest BCUT2D eigenvalue weighted by Crippen LogP contribution is -2.35. The molecule has 0 N–H and O–H groups in total. The molecular weight excluding hydrogens is 250 g/mol. The van der Waals surface area contributed by atoms with Gasteiger partial charge in [0.15, 0.2) is 0 Å². The highest BCUT2D eigenvalue weighted by molar-refractivity contribution is 5.75. The van der Waals surface area contributed by atoms with Crippen LogP contribution in [0.1, 0.15) is 72.1 Å². The smallest absolute Gasteiger partial charge is 0.323 e. The van der Waals surface area contributed by atoms with Gasteiger partial charge in [-0.3, -0.25) is 9.69 Å². The van der Waals surface area contributed by atoms with Gasteiger partial charge in [0.1, 0.15) is 6.04 Å². The second-order valence-electron chi connectivity index (χ2n) is 6.28. The highest BCUT2D eigenvalue weighted by Gasteiger charge is 2.17. The Kier molecular flexibility index (Phi) is 11.8. The molecule has 20 heavy (non-hydrogen) atoms. The fourth-order valence-electron chi connectivity index (χ4n) is 2.09. The summed E-state index contributed by atoms with van der Waals surface area (Å²) in [4.78, 5) is 13.6. The van der Waals surface area contributed by atoms with E-state index in [1.807, 2.05) is 25.9 Å². The third-order valence-electron chi connectivity index (χ3n) is 3.93. The summed E-state index contributed by atoms with van der Waals surface area (Å²) in [5, 5.41) is 0. The number of nitrogens with zero attached hydrogens (tertiary/aromatic N) is 1. The fraction of sp³-hybridized carbons (Fsp3) is 0.941. The number of carbonyl (C=O) groups is 1. The molecule has 3 nitrogen and oxygen atoms in total. The predicted octanol–water partition coefficient (Wildman–Crippen LogP) is 4.26. The Balaban J connectivity index is 3.50. The number of carbonyl (C=O) groups excluding carboxylic acids is 1. The quantitative estimate of drug-likeness (QED) is 0.396. The Morgan fingerprint density at radius 3 is 2.10 bits per heavy atom. The van der Waals surface area contributed by atoms with Gasteiger partial charge in [0.25, 0.3) is 0 Å². The number of likely N-dealkylation sites (N-methyl/N-ethyl adjacent to an activating group) is 1. The largest absolute Gasteiger partial charge is 0.464 e. The standard InChI is InChI=1S/C17H35NO2/c1-6-7-8-9-10-11-12-13-15(2)14-20-17(19)16(3)18(4)5/h15-16H,6-14H2,1-5H3. The lowest BCUT2D eigenvalue weighted by Gasteiger charge is -2.19. The Morgan fingerprint density at radius 2 is 1.55 bits per heavy atom. The van der Waals surface area contributed by atoms with Crippen LogP contribution in [0.15, 0.2) is 0 Å². The van der Waals surface area contributed by atoms with Crippen LogP contribution < -0.4 is 0 Å². The first-order chi connectivity index (χ1) is 9.49. The molecule has 0 bridgehead atoms. The summed E-state index contributed by atoms with van der Waals surface area (Å²) in [6.45, 7) is 6.86. The van der Waals surface area contributed by atoms with E-state index in [4.69, 9.17) is 4.74 Å². The van der Waals surface area contributed by atoms with Crippen LogP contribution in [0.2, 0.25) is 0 Å². The first kappa shape index (κ1) is 19.4. The minimum atomic E-state index is -0.152. The number of rotatable bonds is 12. The van der Waals surface area contributed by atoms with Crippen LogP contribution in [0.3, 0.4) is 0 Å². The van der Waals surface area contributed by atoms with Gasteiger partial charge >= 0.3 is 5.97 Å². The number of esters is 1. The van der Waals surface area contributed by atoms with Crippen LogP contribution in [-0.2, 0) is 9.53 Å². The highest BCUT2D eigenvalue weighted by Crippen LogP contribution is 2.13. The third kappa shape index (κ3) is 10.2. The molecule has 0 spiro atoms. The molecule has 0 aromatic heterocycles. The van der Waals surface area contributed by atoms with Crippen LogP contribution in [0.4, 0.5) is 0 Å². The number of hydrogen-bond donors (Lipinski definition) is 0. The normalized spacial score (nSPS) is 14.3. The van der Waals surface area contributed by atoms with Crippen molar-refractivity contribution in [2.24, 2.45) is 5.92 Å². The zero-order chi connectivity index (χ0) is 15.4. The third-order valence-corrected chi connectivity index (χ3v) is 3.93. The van der Waals surface area contributed by atoms with Gasteiger partial charge in [-0.05, 0) is 33.4 Å². The molecule has 2 atom stereocenters. The molecule has 0 heterocycles. The number of ether oxygens (including phenoxy) is 1. The van der Waals surface area contributed by atoms with Crippen LogP contribution in [0.25, 0.3) is 0 Å². The Labute approximate surface area is 126 Å². The molecule has 0 aromatic carbocycles. The van der Waals surface area contributed by atoms with E-state index in [-0.39, 0.29) is 12.0 Å². The van der Waals surface area contributed by atoms with Crippen molar-refractivity contribution < 1.29 is 9.53 Å².